The molecule has 3 aromatic rings. The average Bonchev–Trinajstić information content (AvgIpc) is 3.15. The molecule has 0 unspecified atom stereocenters. The molecule has 11 nitrogen and oxygen atoms in total. The number of benzene rings is 3. The third-order valence-corrected chi connectivity index (χ3v) is 8.84. The molecule has 2 fully saturated rings. The zero-order chi connectivity index (χ0) is 34.4. The van der Waals surface area contributed by atoms with Crippen LogP contribution in [0.3, 0.4) is 0 Å². The van der Waals surface area contributed by atoms with Gasteiger partial charge in [0, 0.05) is 35.5 Å². The molecule has 0 amide bonds. The summed E-state index contributed by atoms with van der Waals surface area (Å²) in [5, 5.41) is 0. The van der Waals surface area contributed by atoms with Crippen molar-refractivity contribution in [2.24, 2.45) is 0 Å². The molecule has 0 saturated carbocycles. The molecule has 2 saturated heterocycles. The third-order valence-electron chi connectivity index (χ3n) is 8.84. The average molecular weight is 683 g/mol. The van der Waals surface area contributed by atoms with Gasteiger partial charge < -0.3 is 52.1 Å². The van der Waals surface area contributed by atoms with Gasteiger partial charge in [-0.05, 0) is 16.7 Å². The minimum atomic E-state index is -0.823. The minimum Gasteiger partial charge on any atom is -0.382 e. The van der Waals surface area contributed by atoms with Crippen LogP contribution < -0.4 is 0 Å². The molecule has 2 aliphatic rings. The fourth-order valence-corrected chi connectivity index (χ4v) is 6.37. The minimum absolute atomic E-state index is 0.0637. The summed E-state index contributed by atoms with van der Waals surface area (Å²) in [5.74, 6) is 0. The Hall–Kier alpha value is -2.78. The van der Waals surface area contributed by atoms with Crippen LogP contribution in [-0.2, 0) is 71.9 Å². The highest BCUT2D eigenvalue weighted by Gasteiger charge is 2.51. The molecular formula is C38H50O11. The quantitative estimate of drug-likeness (QED) is 0.189. The van der Waals surface area contributed by atoms with Gasteiger partial charge in [0.05, 0.1) is 33.0 Å². The molecule has 0 bridgehead atoms. The van der Waals surface area contributed by atoms with Crippen molar-refractivity contribution in [1.82, 2.24) is 0 Å². The maximum Gasteiger partial charge on any atom is 0.187 e. The summed E-state index contributed by atoms with van der Waals surface area (Å²) in [7, 11) is 8.01. The van der Waals surface area contributed by atoms with Crippen molar-refractivity contribution in [3.05, 3.63) is 108 Å². The highest BCUT2D eigenvalue weighted by atomic mass is 16.7. The normalized spacial score (nSPS) is 30.3. The van der Waals surface area contributed by atoms with Crippen LogP contribution in [0.1, 0.15) is 16.7 Å². The van der Waals surface area contributed by atoms with E-state index in [-0.39, 0.29) is 13.2 Å². The first-order valence-electron chi connectivity index (χ1n) is 16.6. The predicted octanol–water partition coefficient (Wildman–Crippen LogP) is 4.55. The van der Waals surface area contributed by atoms with E-state index in [4.69, 9.17) is 52.1 Å². The van der Waals surface area contributed by atoms with Crippen LogP contribution in [0.25, 0.3) is 0 Å². The van der Waals surface area contributed by atoms with E-state index in [9.17, 15) is 0 Å². The first kappa shape index (κ1) is 37.5. The smallest absolute Gasteiger partial charge is 0.187 e. The number of ether oxygens (including phenoxy) is 11. The molecule has 2 aliphatic heterocycles. The third kappa shape index (κ3) is 9.93. The van der Waals surface area contributed by atoms with Gasteiger partial charge in [-0.2, -0.15) is 0 Å². The van der Waals surface area contributed by atoms with Crippen molar-refractivity contribution >= 4 is 0 Å². The van der Waals surface area contributed by atoms with Gasteiger partial charge in [0.15, 0.2) is 12.6 Å². The van der Waals surface area contributed by atoms with Gasteiger partial charge in [-0.3, -0.25) is 0 Å². The summed E-state index contributed by atoms with van der Waals surface area (Å²) < 4.78 is 68.1. The van der Waals surface area contributed by atoms with E-state index in [2.05, 4.69) is 0 Å². The zero-order valence-corrected chi connectivity index (χ0v) is 29.0. The van der Waals surface area contributed by atoms with Gasteiger partial charge in [-0.15, -0.1) is 0 Å². The predicted molar refractivity (Wildman–Crippen MR) is 180 cm³/mol. The van der Waals surface area contributed by atoms with E-state index < -0.39 is 61.4 Å². The highest BCUT2D eigenvalue weighted by Crippen LogP contribution is 2.33. The summed E-state index contributed by atoms with van der Waals surface area (Å²) in [6.07, 6.45) is -6.07. The monoisotopic (exact) mass is 682 g/mol. The van der Waals surface area contributed by atoms with Crippen molar-refractivity contribution < 1.29 is 52.1 Å². The second kappa shape index (κ2) is 19.6. The van der Waals surface area contributed by atoms with E-state index in [1.165, 1.54) is 0 Å². The maximum atomic E-state index is 6.71. The van der Waals surface area contributed by atoms with E-state index in [1.807, 2.05) is 91.0 Å². The van der Waals surface area contributed by atoms with Gasteiger partial charge in [0.1, 0.15) is 48.8 Å². The molecular weight excluding hydrogens is 632 g/mol. The lowest BCUT2D eigenvalue weighted by molar-refractivity contribution is -0.345. The molecule has 3 aromatic carbocycles. The van der Waals surface area contributed by atoms with Gasteiger partial charge in [-0.25, -0.2) is 0 Å². The Morgan fingerprint density at radius 2 is 0.857 bits per heavy atom. The van der Waals surface area contributed by atoms with Crippen LogP contribution in [0, 0.1) is 0 Å². The molecule has 0 spiro atoms. The first-order valence-corrected chi connectivity index (χ1v) is 16.6. The van der Waals surface area contributed by atoms with Crippen LogP contribution in [0.4, 0.5) is 0 Å². The number of hydrogen-bond acceptors (Lipinski definition) is 11. The first-order chi connectivity index (χ1) is 24.1. The van der Waals surface area contributed by atoms with Crippen LogP contribution in [-0.4, -0.2) is 110 Å². The lowest BCUT2D eigenvalue weighted by atomic mass is 9.97. The molecule has 49 heavy (non-hydrogen) atoms. The molecule has 11 heteroatoms. The fraction of sp³-hybridized carbons (Fsp3) is 0.526. The Morgan fingerprint density at radius 3 is 1.33 bits per heavy atom. The van der Waals surface area contributed by atoms with Crippen molar-refractivity contribution in [1.29, 1.82) is 0 Å². The van der Waals surface area contributed by atoms with Crippen LogP contribution in [0.15, 0.2) is 91.0 Å². The van der Waals surface area contributed by atoms with E-state index >= 15 is 0 Å². The van der Waals surface area contributed by atoms with Gasteiger partial charge >= 0.3 is 0 Å². The van der Waals surface area contributed by atoms with Gasteiger partial charge in [-0.1, -0.05) is 91.0 Å². The zero-order valence-electron chi connectivity index (χ0n) is 29.0. The summed E-state index contributed by atoms with van der Waals surface area (Å²) in [6.45, 7) is 1.32. The van der Waals surface area contributed by atoms with Gasteiger partial charge in [0.2, 0.25) is 0 Å². The van der Waals surface area contributed by atoms with Crippen LogP contribution in [0.5, 0.6) is 0 Å². The topological polar surface area (TPSA) is 102 Å². The Balaban J connectivity index is 1.42. The van der Waals surface area contributed by atoms with Crippen molar-refractivity contribution in [3.8, 4) is 0 Å². The molecule has 0 N–H and O–H groups in total. The SMILES string of the molecule is COC[C@H]1O[C@H](OC[C@H]2O[C@@H](OC)[C@H](OCc3ccccc3)[C@@H](OCc3ccccc3)[C@H]2OCc2ccccc2)[C@H](OC)[C@@H](OC)[C@@H]1OC. The second-order valence-corrected chi connectivity index (χ2v) is 12.0. The van der Waals surface area contributed by atoms with E-state index in [0.29, 0.717) is 19.8 Å². The summed E-state index contributed by atoms with van der Waals surface area (Å²) >= 11 is 0. The fourth-order valence-electron chi connectivity index (χ4n) is 6.37. The molecule has 0 aromatic heterocycles. The Morgan fingerprint density at radius 1 is 0.408 bits per heavy atom. The maximum absolute atomic E-state index is 6.71. The van der Waals surface area contributed by atoms with Crippen molar-refractivity contribution in [2.45, 2.75) is 81.2 Å². The second-order valence-electron chi connectivity index (χ2n) is 12.0. The number of rotatable bonds is 18. The van der Waals surface area contributed by atoms with Crippen molar-refractivity contribution in [3.63, 3.8) is 0 Å². The van der Waals surface area contributed by atoms with Crippen LogP contribution >= 0.6 is 0 Å². The molecule has 268 valence electrons. The summed E-state index contributed by atoms with van der Waals surface area (Å²) in [5.41, 5.74) is 3.03. The summed E-state index contributed by atoms with van der Waals surface area (Å²) in [6, 6.07) is 29.9. The summed E-state index contributed by atoms with van der Waals surface area (Å²) in [4.78, 5) is 0. The van der Waals surface area contributed by atoms with E-state index in [0.717, 1.165) is 16.7 Å². The molecule has 10 atom stereocenters. The molecule has 0 aliphatic carbocycles. The molecule has 0 radical (unpaired) electrons. The van der Waals surface area contributed by atoms with Crippen LogP contribution in [0.2, 0.25) is 0 Å². The Bertz CT molecular complexity index is 1320. The molecule has 2 heterocycles. The Labute approximate surface area is 289 Å². The van der Waals surface area contributed by atoms with Crippen molar-refractivity contribution in [2.75, 3.05) is 48.8 Å². The van der Waals surface area contributed by atoms with Gasteiger partial charge in [0.25, 0.3) is 0 Å². The number of methoxy groups -OCH3 is 5. The number of hydrogen-bond donors (Lipinski definition) is 0. The lowest BCUT2D eigenvalue weighted by Gasteiger charge is -2.47. The Kier molecular flexibility index (Phi) is 15.0. The van der Waals surface area contributed by atoms with E-state index in [1.54, 1.807) is 35.5 Å². The highest BCUT2D eigenvalue weighted by molar-refractivity contribution is 5.16. The standard InChI is InChI=1S/C38H50O11/c1-39-24-29-31(40-2)33(41-3)35(42-4)38(49-29)47-25-30-32(44-21-26-15-9-6-10-16-26)34(45-22-27-17-11-7-12-18-27)36(37(43-5)48-30)46-23-28-19-13-8-14-20-28/h6-20,29-38H,21-25H2,1-5H3/t29-,30-,31-,32+,33+,34+,35-,36-,37-,38+/m1/s1. The largest absolute Gasteiger partial charge is 0.382 e. The molecule has 5 rings (SSSR count). The lowest BCUT2D eigenvalue weighted by Crippen LogP contribution is -2.63.